The lowest BCUT2D eigenvalue weighted by atomic mass is 10.1. The molecule has 0 spiro atoms. The lowest BCUT2D eigenvalue weighted by Gasteiger charge is -2.27. The van der Waals surface area contributed by atoms with Gasteiger partial charge in [-0.3, -0.25) is 4.79 Å². The molecule has 0 saturated carbocycles. The fraction of sp³-hybridized carbons (Fsp3) is 0.533. The summed E-state index contributed by atoms with van der Waals surface area (Å²) in [5.41, 5.74) is 0.815. The highest BCUT2D eigenvalue weighted by Gasteiger charge is 2.22. The van der Waals surface area contributed by atoms with E-state index in [0.717, 1.165) is 24.9 Å². The third kappa shape index (κ3) is 3.64. The van der Waals surface area contributed by atoms with Gasteiger partial charge in [-0.25, -0.2) is 0 Å². The highest BCUT2D eigenvalue weighted by Crippen LogP contribution is 2.27. The van der Waals surface area contributed by atoms with Gasteiger partial charge in [-0.1, -0.05) is 48.2 Å². The summed E-state index contributed by atoms with van der Waals surface area (Å²) in [7, 11) is 0. The average molecular weight is 300 g/mol. The molecule has 19 heavy (non-hydrogen) atoms. The van der Waals surface area contributed by atoms with Crippen molar-refractivity contribution in [1.29, 1.82) is 0 Å². The Morgan fingerprint density at radius 1 is 1.32 bits per heavy atom. The van der Waals surface area contributed by atoms with Gasteiger partial charge in [0, 0.05) is 12.6 Å². The van der Waals surface area contributed by atoms with Crippen molar-refractivity contribution in [2.75, 3.05) is 6.54 Å². The number of amides is 1. The van der Waals surface area contributed by atoms with Gasteiger partial charge in [-0.2, -0.15) is 0 Å². The van der Waals surface area contributed by atoms with Crippen molar-refractivity contribution in [3.63, 3.8) is 0 Å². The second-order valence-electron chi connectivity index (χ2n) is 5.18. The molecule has 1 aliphatic heterocycles. The quantitative estimate of drug-likeness (QED) is 0.796. The zero-order valence-corrected chi connectivity index (χ0v) is 12.7. The molecule has 0 aromatic heterocycles. The van der Waals surface area contributed by atoms with Crippen LogP contribution in [0.3, 0.4) is 0 Å². The van der Waals surface area contributed by atoms with E-state index in [2.05, 4.69) is 6.92 Å². The number of carbonyl (C=O) groups is 1. The Bertz CT molecular complexity index is 461. The minimum absolute atomic E-state index is 0.151. The number of hydrogen-bond acceptors (Lipinski definition) is 1. The summed E-state index contributed by atoms with van der Waals surface area (Å²) in [4.78, 5) is 14.4. The van der Waals surface area contributed by atoms with Crippen molar-refractivity contribution in [3.8, 4) is 0 Å². The van der Waals surface area contributed by atoms with Gasteiger partial charge >= 0.3 is 0 Å². The van der Waals surface area contributed by atoms with Crippen molar-refractivity contribution in [3.05, 3.63) is 33.8 Å². The van der Waals surface area contributed by atoms with Gasteiger partial charge in [0.1, 0.15) is 0 Å². The maximum atomic E-state index is 12.4. The first-order valence-corrected chi connectivity index (χ1v) is 7.57. The summed E-state index contributed by atoms with van der Waals surface area (Å²) >= 11 is 12.1. The van der Waals surface area contributed by atoms with Crippen LogP contribution in [0.4, 0.5) is 0 Å². The third-order valence-electron chi connectivity index (χ3n) is 3.75. The van der Waals surface area contributed by atoms with Gasteiger partial charge in [-0.05, 0) is 31.4 Å². The third-order valence-corrected chi connectivity index (χ3v) is 4.60. The monoisotopic (exact) mass is 299 g/mol. The van der Waals surface area contributed by atoms with Gasteiger partial charge in [0.15, 0.2) is 0 Å². The van der Waals surface area contributed by atoms with Crippen molar-refractivity contribution in [1.82, 2.24) is 4.90 Å². The van der Waals surface area contributed by atoms with Crippen LogP contribution in [0.5, 0.6) is 0 Å². The molecule has 1 heterocycles. The van der Waals surface area contributed by atoms with E-state index in [4.69, 9.17) is 23.2 Å². The summed E-state index contributed by atoms with van der Waals surface area (Å²) in [6.45, 7) is 2.99. The molecule has 1 fully saturated rings. The van der Waals surface area contributed by atoms with Gasteiger partial charge in [-0.15, -0.1) is 0 Å². The highest BCUT2D eigenvalue weighted by molar-refractivity contribution is 6.42. The van der Waals surface area contributed by atoms with Crippen molar-refractivity contribution in [2.45, 2.75) is 45.1 Å². The van der Waals surface area contributed by atoms with Crippen molar-refractivity contribution in [2.24, 2.45) is 0 Å². The average Bonchev–Trinajstić information content (AvgIpc) is 2.59. The summed E-state index contributed by atoms with van der Waals surface area (Å²) in [6, 6.07) is 5.77. The van der Waals surface area contributed by atoms with Crippen LogP contribution in [0.1, 0.15) is 38.2 Å². The second kappa shape index (κ2) is 6.62. The Hall–Kier alpha value is -0.730. The number of halogens is 2. The molecule has 0 radical (unpaired) electrons. The van der Waals surface area contributed by atoms with E-state index >= 15 is 0 Å². The molecule has 4 heteroatoms. The van der Waals surface area contributed by atoms with Crippen molar-refractivity contribution >= 4 is 29.1 Å². The molecule has 1 unspecified atom stereocenters. The van der Waals surface area contributed by atoms with Crippen LogP contribution < -0.4 is 0 Å². The standard InChI is InChI=1S/C15H19Cl2NO/c1-11-6-3-2-4-9-18(11)14(19)10-12-7-5-8-13(16)15(12)17/h5,7-8,11H,2-4,6,9-10H2,1H3. The van der Waals surface area contributed by atoms with Crippen LogP contribution in [0.25, 0.3) is 0 Å². The predicted octanol–water partition coefficient (Wildman–Crippen LogP) is 4.33. The number of rotatable bonds is 2. The van der Waals surface area contributed by atoms with Crippen LogP contribution in [0, 0.1) is 0 Å². The zero-order chi connectivity index (χ0) is 13.8. The number of hydrogen-bond donors (Lipinski definition) is 0. The zero-order valence-electron chi connectivity index (χ0n) is 11.2. The lowest BCUT2D eigenvalue weighted by molar-refractivity contribution is -0.132. The van der Waals surface area contributed by atoms with Gasteiger partial charge in [0.2, 0.25) is 5.91 Å². The molecule has 0 N–H and O–H groups in total. The normalized spacial score (nSPS) is 20.2. The second-order valence-corrected chi connectivity index (χ2v) is 5.96. The van der Waals surface area contributed by atoms with Crippen LogP contribution in [-0.2, 0) is 11.2 Å². The van der Waals surface area contributed by atoms with E-state index in [-0.39, 0.29) is 5.91 Å². The van der Waals surface area contributed by atoms with E-state index < -0.39 is 0 Å². The molecule has 0 bridgehead atoms. The summed E-state index contributed by atoms with van der Waals surface area (Å²) in [5.74, 6) is 0.151. The van der Waals surface area contributed by atoms with Crippen LogP contribution in [0.15, 0.2) is 18.2 Å². The molecule has 104 valence electrons. The maximum Gasteiger partial charge on any atom is 0.227 e. The Morgan fingerprint density at radius 2 is 2.11 bits per heavy atom. The van der Waals surface area contributed by atoms with E-state index in [1.807, 2.05) is 17.0 Å². The topological polar surface area (TPSA) is 20.3 Å². The van der Waals surface area contributed by atoms with E-state index in [1.54, 1.807) is 6.07 Å². The SMILES string of the molecule is CC1CCCCCN1C(=O)Cc1cccc(Cl)c1Cl. The Labute approximate surface area is 124 Å². The number of carbonyl (C=O) groups excluding carboxylic acids is 1. The Kier molecular flexibility index (Phi) is 5.12. The molecular formula is C15H19Cl2NO. The van der Waals surface area contributed by atoms with Crippen LogP contribution in [-0.4, -0.2) is 23.4 Å². The largest absolute Gasteiger partial charge is 0.340 e. The van der Waals surface area contributed by atoms with Gasteiger partial charge < -0.3 is 4.90 Å². The van der Waals surface area contributed by atoms with Crippen LogP contribution in [0.2, 0.25) is 10.0 Å². The first-order chi connectivity index (χ1) is 9.09. The number of likely N-dealkylation sites (tertiary alicyclic amines) is 1. The maximum absolute atomic E-state index is 12.4. The summed E-state index contributed by atoms with van der Waals surface area (Å²) < 4.78 is 0. The van der Waals surface area contributed by atoms with Gasteiger partial charge in [0.05, 0.1) is 16.5 Å². The molecule has 2 rings (SSSR count). The highest BCUT2D eigenvalue weighted by atomic mass is 35.5. The summed E-state index contributed by atoms with van der Waals surface area (Å²) in [5, 5.41) is 1.01. The van der Waals surface area contributed by atoms with E-state index in [1.165, 1.54) is 12.8 Å². The molecule has 1 atom stereocenters. The molecule has 1 aromatic rings. The fourth-order valence-electron chi connectivity index (χ4n) is 2.59. The molecule has 0 aliphatic carbocycles. The smallest absolute Gasteiger partial charge is 0.227 e. The minimum Gasteiger partial charge on any atom is -0.340 e. The Balaban J connectivity index is 2.09. The molecule has 1 aliphatic rings. The number of nitrogens with zero attached hydrogens (tertiary/aromatic N) is 1. The molecule has 1 saturated heterocycles. The molecule has 1 amide bonds. The first kappa shape index (κ1) is 14.7. The molecule has 1 aromatic carbocycles. The van der Waals surface area contributed by atoms with E-state index in [9.17, 15) is 4.79 Å². The van der Waals surface area contributed by atoms with Crippen molar-refractivity contribution < 1.29 is 4.79 Å². The minimum atomic E-state index is 0.151. The van der Waals surface area contributed by atoms with E-state index in [0.29, 0.717) is 22.5 Å². The predicted molar refractivity (Wildman–Crippen MR) is 79.8 cm³/mol. The van der Waals surface area contributed by atoms with Crippen LogP contribution >= 0.6 is 23.2 Å². The van der Waals surface area contributed by atoms with Gasteiger partial charge in [0.25, 0.3) is 0 Å². The lowest BCUT2D eigenvalue weighted by Crippen LogP contribution is -2.39. The number of benzene rings is 1. The Morgan fingerprint density at radius 3 is 2.89 bits per heavy atom. The first-order valence-electron chi connectivity index (χ1n) is 6.82. The molecule has 2 nitrogen and oxygen atoms in total. The fourth-order valence-corrected chi connectivity index (χ4v) is 2.98. The molecular weight excluding hydrogens is 281 g/mol. The summed E-state index contributed by atoms with van der Waals surface area (Å²) in [6.07, 6.45) is 4.95.